The van der Waals surface area contributed by atoms with Gasteiger partial charge in [0.25, 0.3) is 0 Å². The van der Waals surface area contributed by atoms with Crippen molar-refractivity contribution in [1.29, 1.82) is 0 Å². The van der Waals surface area contributed by atoms with Crippen molar-refractivity contribution in [3.63, 3.8) is 0 Å². The average Bonchev–Trinajstić information content (AvgIpc) is 3.05. The van der Waals surface area contributed by atoms with Crippen LogP contribution in [0.5, 0.6) is 0 Å². The first-order chi connectivity index (χ1) is 13.6. The van der Waals surface area contributed by atoms with Crippen LogP contribution in [-0.4, -0.2) is 41.2 Å². The molecule has 3 N–H and O–H groups in total. The van der Waals surface area contributed by atoms with Crippen molar-refractivity contribution in [2.24, 2.45) is 5.92 Å². The molecule has 0 aliphatic heterocycles. The molecule has 1 aliphatic rings. The summed E-state index contributed by atoms with van der Waals surface area (Å²) in [5.74, 6) is 0.0552. The summed E-state index contributed by atoms with van der Waals surface area (Å²) in [5, 5.41) is 20.5. The van der Waals surface area contributed by atoms with Gasteiger partial charge in [-0.25, -0.2) is 0 Å². The van der Waals surface area contributed by atoms with Gasteiger partial charge in [-0.3, -0.25) is 9.59 Å². The van der Waals surface area contributed by atoms with Crippen LogP contribution in [-0.2, 0) is 9.59 Å². The Labute approximate surface area is 168 Å². The minimum absolute atomic E-state index is 0.0931. The molecule has 5 heteroatoms. The van der Waals surface area contributed by atoms with Gasteiger partial charge in [0.2, 0.25) is 5.91 Å². The van der Waals surface area contributed by atoms with E-state index in [0.29, 0.717) is 12.8 Å². The molecule has 0 radical (unpaired) electrons. The number of hydrogen-bond acceptors (Lipinski definition) is 4. The maximum absolute atomic E-state index is 12.0. The lowest BCUT2D eigenvalue weighted by atomic mass is 9.97. The zero-order chi connectivity index (χ0) is 20.6. The molecule has 0 aromatic carbocycles. The number of aliphatic hydroxyl groups excluding tert-OH is 2. The summed E-state index contributed by atoms with van der Waals surface area (Å²) >= 11 is 0. The second kappa shape index (κ2) is 15.0. The van der Waals surface area contributed by atoms with Crippen molar-refractivity contribution in [2.75, 3.05) is 13.2 Å². The maximum atomic E-state index is 12.0. The van der Waals surface area contributed by atoms with E-state index in [4.69, 9.17) is 10.2 Å². The molecule has 0 aromatic rings. The predicted octanol–water partition coefficient (Wildman–Crippen LogP) is 3.39. The summed E-state index contributed by atoms with van der Waals surface area (Å²) in [7, 11) is 0. The first-order valence-corrected chi connectivity index (χ1v) is 10.4. The monoisotopic (exact) mass is 389 g/mol. The average molecular weight is 390 g/mol. The van der Waals surface area contributed by atoms with Crippen molar-refractivity contribution >= 4 is 11.7 Å². The van der Waals surface area contributed by atoms with Crippen LogP contribution >= 0.6 is 0 Å². The molecule has 0 bridgehead atoms. The van der Waals surface area contributed by atoms with E-state index in [1.165, 1.54) is 19.3 Å². The minimum Gasteiger partial charge on any atom is -0.394 e. The first kappa shape index (κ1) is 24.1. The van der Waals surface area contributed by atoms with Crippen molar-refractivity contribution < 1.29 is 19.8 Å². The van der Waals surface area contributed by atoms with Crippen LogP contribution in [0.1, 0.15) is 58.3 Å². The minimum atomic E-state index is -0.583. The van der Waals surface area contributed by atoms with E-state index >= 15 is 0 Å². The number of rotatable bonds is 14. The largest absolute Gasteiger partial charge is 0.394 e. The molecule has 0 aromatic heterocycles. The summed E-state index contributed by atoms with van der Waals surface area (Å²) < 4.78 is 0. The first-order valence-electron chi connectivity index (χ1n) is 10.4. The highest BCUT2D eigenvalue weighted by Gasteiger charge is 2.20. The number of carbonyl (C=O) groups excluding carboxylic acids is 2. The molecule has 1 rings (SSSR count). The summed E-state index contributed by atoms with van der Waals surface area (Å²) in [6.07, 6.45) is 21.1. The molecule has 1 amide bonds. The van der Waals surface area contributed by atoms with Crippen LogP contribution in [0.25, 0.3) is 0 Å². The zero-order valence-electron chi connectivity index (χ0n) is 17.0. The van der Waals surface area contributed by atoms with Crippen molar-refractivity contribution in [3.05, 3.63) is 48.1 Å². The quantitative estimate of drug-likeness (QED) is 0.241. The molecule has 0 saturated heterocycles. The normalized spacial score (nSPS) is 18.4. The summed E-state index contributed by atoms with van der Waals surface area (Å²) in [5.41, 5.74) is 0.842. The molecule has 156 valence electrons. The van der Waals surface area contributed by atoms with Crippen LogP contribution in [0.15, 0.2) is 48.1 Å². The van der Waals surface area contributed by atoms with E-state index in [0.717, 1.165) is 24.8 Å². The zero-order valence-corrected chi connectivity index (χ0v) is 17.0. The van der Waals surface area contributed by atoms with Gasteiger partial charge in [-0.05, 0) is 38.2 Å². The molecule has 0 unspecified atom stereocenters. The van der Waals surface area contributed by atoms with E-state index in [2.05, 4.69) is 24.4 Å². The fourth-order valence-electron chi connectivity index (χ4n) is 2.97. The lowest BCUT2D eigenvalue weighted by molar-refractivity contribution is -0.122. The van der Waals surface area contributed by atoms with Gasteiger partial charge in [0, 0.05) is 17.9 Å². The number of aliphatic hydroxyl groups is 2. The van der Waals surface area contributed by atoms with Crippen molar-refractivity contribution in [3.8, 4) is 0 Å². The lowest BCUT2D eigenvalue weighted by Crippen LogP contribution is -2.39. The van der Waals surface area contributed by atoms with Crippen molar-refractivity contribution in [2.45, 2.75) is 64.3 Å². The number of ketones is 1. The van der Waals surface area contributed by atoms with Crippen LogP contribution in [0.2, 0.25) is 0 Å². The van der Waals surface area contributed by atoms with E-state index in [9.17, 15) is 9.59 Å². The number of carbonyl (C=O) groups is 2. The van der Waals surface area contributed by atoms with Crippen molar-refractivity contribution in [1.82, 2.24) is 5.32 Å². The molecule has 0 spiro atoms. The number of unbranched alkanes of at least 4 members (excludes halogenated alkanes) is 4. The number of allylic oxidation sites excluding steroid dienone is 8. The SMILES string of the molecule is CCCCC/C=C/C=C1/C(=O)C=C[C@@H]1C/C=C\CCCC(=O)NC(CO)CO. The number of hydrogen-bond donors (Lipinski definition) is 3. The molecule has 1 atom stereocenters. The van der Waals surface area contributed by atoms with E-state index in [1.807, 2.05) is 24.3 Å². The number of nitrogens with one attached hydrogen (secondary N) is 1. The Morgan fingerprint density at radius 2 is 1.89 bits per heavy atom. The van der Waals surface area contributed by atoms with E-state index in [-0.39, 0.29) is 30.8 Å². The van der Waals surface area contributed by atoms with Gasteiger partial charge in [0.1, 0.15) is 0 Å². The Hall–Kier alpha value is -1.98. The predicted molar refractivity (Wildman–Crippen MR) is 113 cm³/mol. The van der Waals surface area contributed by atoms with Gasteiger partial charge in [0.15, 0.2) is 5.78 Å². The molecular formula is C23H35NO4. The van der Waals surface area contributed by atoms with Crippen LogP contribution in [0.3, 0.4) is 0 Å². The molecule has 1 aliphatic carbocycles. The second-order valence-electron chi connectivity index (χ2n) is 7.10. The summed E-state index contributed by atoms with van der Waals surface area (Å²) in [4.78, 5) is 23.7. The fourth-order valence-corrected chi connectivity index (χ4v) is 2.97. The smallest absolute Gasteiger partial charge is 0.220 e. The summed E-state index contributed by atoms with van der Waals surface area (Å²) in [6.45, 7) is 1.66. The van der Waals surface area contributed by atoms with Crippen LogP contribution in [0.4, 0.5) is 0 Å². The molecule has 0 saturated carbocycles. The van der Waals surface area contributed by atoms with Gasteiger partial charge >= 0.3 is 0 Å². The third kappa shape index (κ3) is 9.81. The second-order valence-corrected chi connectivity index (χ2v) is 7.10. The van der Waals surface area contributed by atoms with Gasteiger partial charge in [0.05, 0.1) is 19.3 Å². The Balaban J connectivity index is 2.31. The van der Waals surface area contributed by atoms with E-state index < -0.39 is 6.04 Å². The Morgan fingerprint density at radius 3 is 2.61 bits per heavy atom. The Bertz CT molecular complexity index is 585. The summed E-state index contributed by atoms with van der Waals surface area (Å²) in [6, 6.07) is -0.583. The molecule has 5 nitrogen and oxygen atoms in total. The van der Waals surface area contributed by atoms with Crippen LogP contribution in [0, 0.1) is 5.92 Å². The topological polar surface area (TPSA) is 86.6 Å². The highest BCUT2D eigenvalue weighted by atomic mass is 16.3. The highest BCUT2D eigenvalue weighted by Crippen LogP contribution is 2.25. The third-order valence-electron chi connectivity index (χ3n) is 4.69. The number of amides is 1. The van der Waals surface area contributed by atoms with Gasteiger partial charge < -0.3 is 15.5 Å². The van der Waals surface area contributed by atoms with E-state index in [1.54, 1.807) is 6.08 Å². The van der Waals surface area contributed by atoms with Gasteiger partial charge in [-0.15, -0.1) is 0 Å². The Kier molecular flexibility index (Phi) is 12.9. The lowest BCUT2D eigenvalue weighted by Gasteiger charge is -2.12. The third-order valence-corrected chi connectivity index (χ3v) is 4.69. The van der Waals surface area contributed by atoms with Gasteiger partial charge in [-0.1, -0.05) is 56.2 Å². The van der Waals surface area contributed by atoms with Gasteiger partial charge in [-0.2, -0.15) is 0 Å². The maximum Gasteiger partial charge on any atom is 0.220 e. The molecule has 0 fully saturated rings. The molecule has 0 heterocycles. The fraction of sp³-hybridized carbons (Fsp3) is 0.565. The Morgan fingerprint density at radius 1 is 1.14 bits per heavy atom. The molecule has 28 heavy (non-hydrogen) atoms. The standard InChI is InChI=1S/C23H35NO4/c1-2-3-4-5-6-10-13-21-19(15-16-22(21)27)12-9-7-8-11-14-23(28)24-20(17-25)18-26/h6-7,9-10,13,15-16,19-20,25-26H,2-5,8,11-12,14,17-18H2,1H3,(H,24,28)/b9-7-,10-6+,21-13+/t19-/m0/s1. The highest BCUT2D eigenvalue weighted by molar-refractivity contribution is 6.07. The van der Waals surface area contributed by atoms with Crippen LogP contribution < -0.4 is 5.32 Å². The molecular weight excluding hydrogens is 354 g/mol.